The van der Waals surface area contributed by atoms with Crippen LogP contribution in [0, 0.1) is 6.92 Å². The van der Waals surface area contributed by atoms with Gasteiger partial charge in [0, 0.05) is 24.8 Å². The van der Waals surface area contributed by atoms with Gasteiger partial charge in [0.05, 0.1) is 6.20 Å². The van der Waals surface area contributed by atoms with E-state index in [-0.39, 0.29) is 0 Å². The van der Waals surface area contributed by atoms with Crippen LogP contribution in [0.5, 0.6) is 0 Å². The van der Waals surface area contributed by atoms with Gasteiger partial charge in [-0.2, -0.15) is 5.10 Å². The Bertz CT molecular complexity index is 529. The third-order valence-electron chi connectivity index (χ3n) is 3.23. The molecule has 0 radical (unpaired) electrons. The zero-order valence-electron chi connectivity index (χ0n) is 12.1. The van der Waals surface area contributed by atoms with E-state index < -0.39 is 0 Å². The molecule has 0 amide bonds. The van der Waals surface area contributed by atoms with Crippen molar-refractivity contribution in [3.05, 3.63) is 41.7 Å². The first-order valence-electron chi connectivity index (χ1n) is 7.07. The van der Waals surface area contributed by atoms with Crippen molar-refractivity contribution < 1.29 is 0 Å². The van der Waals surface area contributed by atoms with Gasteiger partial charge in [0.2, 0.25) is 0 Å². The molecule has 0 aliphatic rings. The topological polar surface area (TPSA) is 29.9 Å². The quantitative estimate of drug-likeness (QED) is 0.859. The highest BCUT2D eigenvalue weighted by Crippen LogP contribution is 2.24. The van der Waals surface area contributed by atoms with Gasteiger partial charge >= 0.3 is 0 Å². The number of benzene rings is 1. The molecule has 2 rings (SSSR count). The number of aryl methyl sites for hydroxylation is 2. The molecule has 2 aromatic rings. The number of aromatic nitrogens is 2. The Morgan fingerprint density at radius 2 is 2.11 bits per heavy atom. The van der Waals surface area contributed by atoms with Crippen molar-refractivity contribution in [3.8, 4) is 11.1 Å². The minimum absolute atomic E-state index is 0.908. The molecule has 0 bridgehead atoms. The summed E-state index contributed by atoms with van der Waals surface area (Å²) in [6, 6.07) is 6.64. The Labute approximate surface area is 115 Å². The van der Waals surface area contributed by atoms with Crippen LogP contribution in [0.15, 0.2) is 30.6 Å². The molecule has 0 aliphatic heterocycles. The second kappa shape index (κ2) is 6.53. The molecule has 1 aromatic carbocycles. The van der Waals surface area contributed by atoms with Crippen LogP contribution in [0.3, 0.4) is 0 Å². The van der Waals surface area contributed by atoms with Gasteiger partial charge in [-0.1, -0.05) is 37.6 Å². The molecule has 0 saturated carbocycles. The van der Waals surface area contributed by atoms with Crippen molar-refractivity contribution in [1.82, 2.24) is 15.1 Å². The maximum absolute atomic E-state index is 4.43. The molecule has 1 N–H and O–H groups in total. The molecule has 1 heterocycles. The normalized spacial score (nSPS) is 10.9. The van der Waals surface area contributed by atoms with E-state index in [1.54, 1.807) is 0 Å². The molecule has 0 unspecified atom stereocenters. The van der Waals surface area contributed by atoms with E-state index in [1.165, 1.54) is 22.3 Å². The predicted octanol–water partition coefficient (Wildman–Crippen LogP) is 3.38. The molecule has 19 heavy (non-hydrogen) atoms. The SMILES string of the molecule is CCCn1cc(-c2cc(C)ccc2CNCC)cn1. The van der Waals surface area contributed by atoms with Gasteiger partial charge < -0.3 is 5.32 Å². The van der Waals surface area contributed by atoms with E-state index >= 15 is 0 Å². The van der Waals surface area contributed by atoms with Crippen LogP contribution in [0.25, 0.3) is 11.1 Å². The summed E-state index contributed by atoms with van der Waals surface area (Å²) in [5.41, 5.74) is 5.13. The lowest BCUT2D eigenvalue weighted by Gasteiger charge is -2.09. The molecule has 0 atom stereocenters. The summed E-state index contributed by atoms with van der Waals surface area (Å²) in [5, 5.41) is 7.83. The molecular formula is C16H23N3. The number of nitrogens with zero attached hydrogens (tertiary/aromatic N) is 2. The summed E-state index contributed by atoms with van der Waals surface area (Å²) in [4.78, 5) is 0. The van der Waals surface area contributed by atoms with Crippen molar-refractivity contribution in [2.45, 2.75) is 40.3 Å². The average molecular weight is 257 g/mol. The fourth-order valence-corrected chi connectivity index (χ4v) is 2.23. The lowest BCUT2D eigenvalue weighted by Crippen LogP contribution is -2.12. The average Bonchev–Trinajstić information content (AvgIpc) is 2.86. The first kappa shape index (κ1) is 13.8. The molecular weight excluding hydrogens is 234 g/mol. The lowest BCUT2D eigenvalue weighted by atomic mass is 10.00. The number of hydrogen-bond acceptors (Lipinski definition) is 2. The van der Waals surface area contributed by atoms with Crippen molar-refractivity contribution in [2.75, 3.05) is 6.54 Å². The van der Waals surface area contributed by atoms with Gasteiger partial charge in [-0.25, -0.2) is 0 Å². The molecule has 0 spiro atoms. The number of hydrogen-bond donors (Lipinski definition) is 1. The molecule has 0 fully saturated rings. The van der Waals surface area contributed by atoms with Gasteiger partial charge in [-0.3, -0.25) is 4.68 Å². The molecule has 3 nitrogen and oxygen atoms in total. The molecule has 0 saturated heterocycles. The van der Waals surface area contributed by atoms with E-state index in [0.29, 0.717) is 0 Å². The highest BCUT2D eigenvalue weighted by molar-refractivity contribution is 5.66. The van der Waals surface area contributed by atoms with Crippen molar-refractivity contribution in [1.29, 1.82) is 0 Å². The van der Waals surface area contributed by atoms with Gasteiger partial charge in [0.15, 0.2) is 0 Å². The monoisotopic (exact) mass is 257 g/mol. The van der Waals surface area contributed by atoms with E-state index in [9.17, 15) is 0 Å². The summed E-state index contributed by atoms with van der Waals surface area (Å²) in [6.45, 7) is 9.32. The van der Waals surface area contributed by atoms with Gasteiger partial charge in [0.25, 0.3) is 0 Å². The van der Waals surface area contributed by atoms with Crippen LogP contribution in [0.4, 0.5) is 0 Å². The number of nitrogens with one attached hydrogen (secondary N) is 1. The second-order valence-electron chi connectivity index (χ2n) is 4.93. The standard InChI is InChI=1S/C16H23N3/c1-4-8-19-12-15(11-18-19)16-9-13(3)6-7-14(16)10-17-5-2/h6-7,9,11-12,17H,4-5,8,10H2,1-3H3. The van der Waals surface area contributed by atoms with Crippen LogP contribution in [0.2, 0.25) is 0 Å². The Balaban J connectivity index is 2.32. The van der Waals surface area contributed by atoms with Gasteiger partial charge in [-0.05, 0) is 31.0 Å². The van der Waals surface area contributed by atoms with E-state index in [0.717, 1.165) is 26.1 Å². The fraction of sp³-hybridized carbons (Fsp3) is 0.438. The van der Waals surface area contributed by atoms with Crippen LogP contribution < -0.4 is 5.32 Å². The summed E-state index contributed by atoms with van der Waals surface area (Å²) < 4.78 is 2.02. The van der Waals surface area contributed by atoms with Crippen LogP contribution in [-0.2, 0) is 13.1 Å². The zero-order chi connectivity index (χ0) is 13.7. The Morgan fingerprint density at radius 1 is 1.26 bits per heavy atom. The van der Waals surface area contributed by atoms with Gasteiger partial charge in [0.1, 0.15) is 0 Å². The highest BCUT2D eigenvalue weighted by atomic mass is 15.3. The van der Waals surface area contributed by atoms with E-state index in [4.69, 9.17) is 0 Å². The largest absolute Gasteiger partial charge is 0.313 e. The molecule has 3 heteroatoms. The van der Waals surface area contributed by atoms with Crippen LogP contribution in [0.1, 0.15) is 31.4 Å². The maximum Gasteiger partial charge on any atom is 0.0568 e. The van der Waals surface area contributed by atoms with Crippen molar-refractivity contribution >= 4 is 0 Å². The maximum atomic E-state index is 4.43. The number of rotatable bonds is 6. The Hall–Kier alpha value is -1.61. The Morgan fingerprint density at radius 3 is 2.84 bits per heavy atom. The molecule has 0 aliphatic carbocycles. The summed E-state index contributed by atoms with van der Waals surface area (Å²) in [5.74, 6) is 0. The minimum Gasteiger partial charge on any atom is -0.313 e. The van der Waals surface area contributed by atoms with Crippen molar-refractivity contribution in [2.24, 2.45) is 0 Å². The van der Waals surface area contributed by atoms with Crippen LogP contribution >= 0.6 is 0 Å². The van der Waals surface area contributed by atoms with E-state index in [2.05, 4.69) is 55.6 Å². The van der Waals surface area contributed by atoms with Gasteiger partial charge in [-0.15, -0.1) is 0 Å². The first-order chi connectivity index (χ1) is 9.24. The third-order valence-corrected chi connectivity index (χ3v) is 3.23. The van der Waals surface area contributed by atoms with Crippen LogP contribution in [-0.4, -0.2) is 16.3 Å². The first-order valence-corrected chi connectivity index (χ1v) is 7.07. The minimum atomic E-state index is 0.908. The Kier molecular flexibility index (Phi) is 4.74. The molecule has 1 aromatic heterocycles. The highest BCUT2D eigenvalue weighted by Gasteiger charge is 2.07. The second-order valence-corrected chi connectivity index (χ2v) is 4.93. The molecule has 102 valence electrons. The fourth-order valence-electron chi connectivity index (χ4n) is 2.23. The zero-order valence-corrected chi connectivity index (χ0v) is 12.1. The summed E-state index contributed by atoms with van der Waals surface area (Å²) >= 11 is 0. The third kappa shape index (κ3) is 3.44. The van der Waals surface area contributed by atoms with E-state index in [1.807, 2.05) is 10.9 Å². The van der Waals surface area contributed by atoms with Crippen molar-refractivity contribution in [3.63, 3.8) is 0 Å². The summed E-state index contributed by atoms with van der Waals surface area (Å²) in [7, 11) is 0. The lowest BCUT2D eigenvalue weighted by molar-refractivity contribution is 0.603. The smallest absolute Gasteiger partial charge is 0.0568 e. The predicted molar refractivity (Wildman–Crippen MR) is 80.1 cm³/mol. The summed E-state index contributed by atoms with van der Waals surface area (Å²) in [6.07, 6.45) is 5.23.